The minimum absolute atomic E-state index is 0.0188. The van der Waals surface area contributed by atoms with Crippen molar-refractivity contribution < 1.29 is 28.6 Å². The van der Waals surface area contributed by atoms with Gasteiger partial charge >= 0.3 is 0 Å². The molecular weight excluding hydrogens is 465 g/mol. The van der Waals surface area contributed by atoms with Crippen molar-refractivity contribution in [1.29, 1.82) is 0 Å². The Labute approximate surface area is 207 Å². The van der Waals surface area contributed by atoms with Gasteiger partial charge in [0.1, 0.15) is 47.0 Å². The van der Waals surface area contributed by atoms with Crippen molar-refractivity contribution in [3.05, 3.63) is 77.9 Å². The molecule has 184 valence electrons. The number of benzene rings is 2. The number of carbonyl (C=O) groups is 2. The lowest BCUT2D eigenvalue weighted by molar-refractivity contribution is -0.120. The Morgan fingerprint density at radius 2 is 2.00 bits per heavy atom. The average molecular weight is 490 g/mol. The van der Waals surface area contributed by atoms with Gasteiger partial charge < -0.3 is 24.8 Å². The van der Waals surface area contributed by atoms with Gasteiger partial charge in [0.2, 0.25) is 0 Å². The molecule has 4 rings (SSSR count). The van der Waals surface area contributed by atoms with E-state index in [1.807, 2.05) is 0 Å². The first-order valence-electron chi connectivity index (χ1n) is 11.1. The Balaban J connectivity index is 1.48. The molecule has 1 aliphatic heterocycles. The van der Waals surface area contributed by atoms with Crippen molar-refractivity contribution in [3.63, 3.8) is 0 Å². The highest BCUT2D eigenvalue weighted by molar-refractivity contribution is 6.03. The summed E-state index contributed by atoms with van der Waals surface area (Å²) < 4.78 is 24.8. The monoisotopic (exact) mass is 489 g/mol. The van der Waals surface area contributed by atoms with Crippen molar-refractivity contribution >= 4 is 17.5 Å². The summed E-state index contributed by atoms with van der Waals surface area (Å²) in [7, 11) is 1.58. The van der Waals surface area contributed by atoms with Crippen LogP contribution in [0.15, 0.2) is 60.8 Å². The van der Waals surface area contributed by atoms with Gasteiger partial charge in [-0.3, -0.25) is 14.6 Å². The minimum atomic E-state index is -1.16. The highest BCUT2D eigenvalue weighted by atomic mass is 19.1. The van der Waals surface area contributed by atoms with E-state index in [0.717, 1.165) is 0 Å². The number of carbonyl (C=O) groups excluding carboxylic acids is 2. The Kier molecular flexibility index (Phi) is 6.90. The van der Waals surface area contributed by atoms with E-state index in [2.05, 4.69) is 22.1 Å². The second-order valence-electron chi connectivity index (χ2n) is 8.66. The molecule has 0 saturated carbocycles. The summed E-state index contributed by atoms with van der Waals surface area (Å²) in [5.41, 5.74) is -0.0530. The number of likely N-dealkylation sites (N-methyl/N-ethyl adjacent to an activating group) is 1. The topological polar surface area (TPSA) is 101 Å². The number of pyridine rings is 1. The summed E-state index contributed by atoms with van der Waals surface area (Å²) in [5.74, 6) is 5.18. The van der Waals surface area contributed by atoms with Crippen molar-refractivity contribution in [3.8, 4) is 29.1 Å². The number of nitrogens with zero attached hydrogens (tertiary/aromatic N) is 2. The molecule has 8 nitrogen and oxygen atoms in total. The van der Waals surface area contributed by atoms with Gasteiger partial charge in [-0.15, -0.1) is 0 Å². The van der Waals surface area contributed by atoms with Crippen LogP contribution in [0, 0.1) is 17.7 Å². The van der Waals surface area contributed by atoms with Crippen LogP contribution in [0.4, 0.5) is 10.1 Å². The number of hydrogen-bond donors (Lipinski definition) is 2. The normalized spacial score (nSPS) is 15.1. The Hall–Kier alpha value is -4.42. The maximum Gasteiger partial charge on any atom is 0.270 e. The highest BCUT2D eigenvalue weighted by Gasteiger charge is 2.31. The second kappa shape index (κ2) is 10.1. The lowest BCUT2D eigenvalue weighted by atomic mass is 10.1. The Morgan fingerprint density at radius 1 is 1.22 bits per heavy atom. The zero-order chi connectivity index (χ0) is 25.9. The third-order valence-corrected chi connectivity index (χ3v) is 5.17. The van der Waals surface area contributed by atoms with Crippen LogP contribution in [-0.2, 0) is 4.79 Å². The first-order chi connectivity index (χ1) is 17.1. The largest absolute Gasteiger partial charge is 0.489 e. The lowest BCUT2D eigenvalue weighted by Crippen LogP contribution is -2.49. The number of ether oxygens (including phenoxy) is 2. The third kappa shape index (κ3) is 5.98. The second-order valence-corrected chi connectivity index (χ2v) is 8.66. The van der Waals surface area contributed by atoms with Gasteiger partial charge in [0.25, 0.3) is 11.8 Å². The molecule has 2 N–H and O–H groups in total. The van der Waals surface area contributed by atoms with Gasteiger partial charge in [0.05, 0.1) is 5.69 Å². The average Bonchev–Trinajstić information content (AvgIpc) is 2.94. The molecule has 0 radical (unpaired) electrons. The summed E-state index contributed by atoms with van der Waals surface area (Å²) in [4.78, 5) is 31.4. The van der Waals surface area contributed by atoms with Crippen LogP contribution in [0.1, 0.15) is 29.9 Å². The van der Waals surface area contributed by atoms with Gasteiger partial charge in [-0.05, 0) is 50.2 Å². The lowest BCUT2D eigenvalue weighted by Gasteiger charge is -2.20. The predicted octanol–water partition coefficient (Wildman–Crippen LogP) is 3.29. The van der Waals surface area contributed by atoms with E-state index >= 15 is 0 Å². The summed E-state index contributed by atoms with van der Waals surface area (Å²) in [6.07, 6.45) is 1.38. The van der Waals surface area contributed by atoms with E-state index in [1.165, 1.54) is 41.4 Å². The van der Waals surface area contributed by atoms with Crippen LogP contribution in [0.3, 0.4) is 0 Å². The molecule has 0 fully saturated rings. The molecule has 0 spiro atoms. The van der Waals surface area contributed by atoms with Gasteiger partial charge in [0, 0.05) is 30.9 Å². The molecule has 9 heteroatoms. The fraction of sp³-hybridized carbons (Fsp3) is 0.222. The van der Waals surface area contributed by atoms with E-state index < -0.39 is 23.4 Å². The predicted molar refractivity (Wildman–Crippen MR) is 130 cm³/mol. The van der Waals surface area contributed by atoms with Crippen molar-refractivity contribution in [2.24, 2.45) is 0 Å². The smallest absolute Gasteiger partial charge is 0.270 e. The van der Waals surface area contributed by atoms with E-state index in [1.54, 1.807) is 45.2 Å². The molecular formula is C27H24FN3O5. The number of aliphatic hydroxyl groups is 1. The summed E-state index contributed by atoms with van der Waals surface area (Å²) in [5, 5.41) is 12.5. The molecule has 0 saturated heterocycles. The van der Waals surface area contributed by atoms with E-state index in [0.29, 0.717) is 17.0 Å². The number of fused-ring (bicyclic) bond motifs is 1. The van der Waals surface area contributed by atoms with Crippen LogP contribution >= 0.6 is 0 Å². The van der Waals surface area contributed by atoms with Gasteiger partial charge in [-0.1, -0.05) is 17.9 Å². The zero-order valence-corrected chi connectivity index (χ0v) is 19.9. The first-order valence-corrected chi connectivity index (χ1v) is 11.1. The van der Waals surface area contributed by atoms with Crippen molar-refractivity contribution in [2.75, 3.05) is 18.6 Å². The number of amides is 2. The Bertz CT molecular complexity index is 1370. The first kappa shape index (κ1) is 24.7. The van der Waals surface area contributed by atoms with Gasteiger partial charge in [-0.25, -0.2) is 4.39 Å². The SMILES string of the molecule is CN1C(=O)[C@@H](NC(=O)c2cc(Oc3cccc(F)c3)ccn2)COc2ccc(C#CC(C)(C)O)cc21. The number of hydrogen-bond acceptors (Lipinski definition) is 6. The van der Waals surface area contributed by atoms with Crippen LogP contribution in [0.25, 0.3) is 0 Å². The molecule has 0 unspecified atom stereocenters. The van der Waals surface area contributed by atoms with Crippen LogP contribution < -0.4 is 19.7 Å². The molecule has 3 aromatic rings. The molecule has 2 amide bonds. The summed E-state index contributed by atoms with van der Waals surface area (Å²) >= 11 is 0. The number of anilines is 1. The highest BCUT2D eigenvalue weighted by Crippen LogP contribution is 2.31. The van der Waals surface area contributed by atoms with Crippen molar-refractivity contribution in [2.45, 2.75) is 25.5 Å². The molecule has 0 aliphatic carbocycles. The quantitative estimate of drug-likeness (QED) is 0.546. The van der Waals surface area contributed by atoms with Gasteiger partial charge in [0.15, 0.2) is 0 Å². The fourth-order valence-electron chi connectivity index (χ4n) is 3.40. The van der Waals surface area contributed by atoms with E-state index in [-0.39, 0.29) is 29.7 Å². The van der Waals surface area contributed by atoms with Crippen LogP contribution in [-0.4, -0.2) is 47.2 Å². The number of halogens is 1. The molecule has 2 heterocycles. The summed E-state index contributed by atoms with van der Waals surface area (Å²) in [6, 6.07) is 12.7. The minimum Gasteiger partial charge on any atom is -0.489 e. The van der Waals surface area contributed by atoms with Crippen molar-refractivity contribution in [1.82, 2.24) is 10.3 Å². The Morgan fingerprint density at radius 3 is 2.75 bits per heavy atom. The number of nitrogens with one attached hydrogen (secondary N) is 1. The van der Waals surface area contributed by atoms with Gasteiger partial charge in [-0.2, -0.15) is 0 Å². The molecule has 36 heavy (non-hydrogen) atoms. The van der Waals surface area contributed by atoms with E-state index in [9.17, 15) is 19.1 Å². The third-order valence-electron chi connectivity index (χ3n) is 5.17. The van der Waals surface area contributed by atoms with E-state index in [4.69, 9.17) is 9.47 Å². The standard InChI is InChI=1S/C27H24FN3O5/c1-27(2,34)11-9-17-7-8-24-23(13-17)31(3)26(33)22(16-35-24)30-25(32)21-15-20(10-12-29-21)36-19-6-4-5-18(28)14-19/h4-8,10,12-15,22,34H,16H2,1-3H3,(H,30,32)/t22-/m0/s1. The zero-order valence-electron chi connectivity index (χ0n) is 19.9. The number of rotatable bonds is 4. The summed E-state index contributed by atoms with van der Waals surface area (Å²) in [6.45, 7) is 3.07. The molecule has 1 aliphatic rings. The maximum absolute atomic E-state index is 13.4. The molecule has 2 aromatic carbocycles. The molecule has 1 aromatic heterocycles. The van der Waals surface area contributed by atoms with Crippen LogP contribution in [0.5, 0.6) is 17.2 Å². The maximum atomic E-state index is 13.4. The fourth-order valence-corrected chi connectivity index (χ4v) is 3.40. The van der Waals surface area contributed by atoms with Crippen LogP contribution in [0.2, 0.25) is 0 Å². The molecule has 0 bridgehead atoms. The molecule has 1 atom stereocenters. The number of aromatic nitrogens is 1.